The summed E-state index contributed by atoms with van der Waals surface area (Å²) in [5.74, 6) is -0.519. The van der Waals surface area contributed by atoms with Crippen LogP contribution in [0, 0.1) is 15.9 Å². The van der Waals surface area contributed by atoms with Gasteiger partial charge in [0, 0.05) is 57.2 Å². The smallest absolute Gasteiger partial charge is 0.293 e. The fraction of sp³-hybridized carbons (Fsp3) is 0.381. The monoisotopic (exact) mass is 416 g/mol. The molecule has 2 aromatic rings. The Hall–Kier alpha value is -3.20. The lowest BCUT2D eigenvalue weighted by atomic mass is 10.1. The number of nitro benzene ring substituents is 1. The third kappa shape index (κ3) is 5.24. The van der Waals surface area contributed by atoms with Gasteiger partial charge in [-0.15, -0.1) is 0 Å². The first-order valence-electron chi connectivity index (χ1n) is 9.80. The molecule has 1 N–H and O–H groups in total. The molecule has 2 aromatic carbocycles. The van der Waals surface area contributed by atoms with Crippen LogP contribution in [0.3, 0.4) is 0 Å². The second-order valence-corrected chi connectivity index (χ2v) is 7.02. The van der Waals surface area contributed by atoms with Gasteiger partial charge in [-0.1, -0.05) is 0 Å². The van der Waals surface area contributed by atoms with Crippen LogP contribution < -0.4 is 10.2 Å². The SMILES string of the molecule is COCCNc1ccc(C(=O)N2CCCN(c3ccc(F)cc3)CC2)cc1[N+](=O)[O-]. The van der Waals surface area contributed by atoms with E-state index in [9.17, 15) is 19.3 Å². The van der Waals surface area contributed by atoms with Gasteiger partial charge in [-0.05, 0) is 42.8 Å². The molecule has 1 aliphatic heterocycles. The number of ether oxygens (including phenoxy) is 1. The number of benzene rings is 2. The van der Waals surface area contributed by atoms with E-state index in [1.807, 2.05) is 0 Å². The molecule has 1 amide bonds. The van der Waals surface area contributed by atoms with E-state index in [1.165, 1.54) is 18.2 Å². The predicted molar refractivity (Wildman–Crippen MR) is 113 cm³/mol. The largest absolute Gasteiger partial charge is 0.383 e. The minimum atomic E-state index is -0.495. The van der Waals surface area contributed by atoms with Gasteiger partial charge in [0.05, 0.1) is 11.5 Å². The molecule has 30 heavy (non-hydrogen) atoms. The van der Waals surface area contributed by atoms with Crippen LogP contribution in [-0.2, 0) is 4.74 Å². The Balaban J connectivity index is 1.70. The minimum Gasteiger partial charge on any atom is -0.383 e. The van der Waals surface area contributed by atoms with Crippen LogP contribution in [0.2, 0.25) is 0 Å². The average molecular weight is 416 g/mol. The molecule has 0 saturated carbocycles. The van der Waals surface area contributed by atoms with Crippen LogP contribution in [0.15, 0.2) is 42.5 Å². The molecule has 3 rings (SSSR count). The lowest BCUT2D eigenvalue weighted by Gasteiger charge is -2.24. The lowest BCUT2D eigenvalue weighted by Crippen LogP contribution is -2.35. The molecule has 9 heteroatoms. The summed E-state index contributed by atoms with van der Waals surface area (Å²) in [5.41, 5.74) is 1.41. The fourth-order valence-corrected chi connectivity index (χ4v) is 3.47. The molecule has 0 aromatic heterocycles. The first-order chi connectivity index (χ1) is 14.5. The number of hydrogen-bond acceptors (Lipinski definition) is 6. The number of carbonyl (C=O) groups is 1. The molecule has 1 heterocycles. The molecule has 1 aliphatic rings. The summed E-state index contributed by atoms with van der Waals surface area (Å²) in [7, 11) is 1.55. The highest BCUT2D eigenvalue weighted by Crippen LogP contribution is 2.26. The van der Waals surface area contributed by atoms with E-state index in [2.05, 4.69) is 10.2 Å². The second kappa shape index (κ2) is 10.0. The van der Waals surface area contributed by atoms with E-state index in [1.54, 1.807) is 36.3 Å². The number of anilines is 2. The summed E-state index contributed by atoms with van der Waals surface area (Å²) in [5, 5.41) is 14.4. The van der Waals surface area contributed by atoms with Crippen molar-refractivity contribution in [2.75, 3.05) is 56.7 Å². The van der Waals surface area contributed by atoms with Gasteiger partial charge in [0.25, 0.3) is 11.6 Å². The van der Waals surface area contributed by atoms with Crippen molar-refractivity contribution >= 4 is 23.0 Å². The maximum atomic E-state index is 13.2. The molecule has 160 valence electrons. The third-order valence-corrected chi connectivity index (χ3v) is 5.04. The maximum Gasteiger partial charge on any atom is 0.293 e. The van der Waals surface area contributed by atoms with E-state index < -0.39 is 4.92 Å². The number of nitrogens with one attached hydrogen (secondary N) is 1. The van der Waals surface area contributed by atoms with Crippen molar-refractivity contribution in [3.05, 3.63) is 64.0 Å². The number of amides is 1. The van der Waals surface area contributed by atoms with Crippen molar-refractivity contribution in [3.63, 3.8) is 0 Å². The summed E-state index contributed by atoms with van der Waals surface area (Å²) in [6, 6.07) is 10.8. The summed E-state index contributed by atoms with van der Waals surface area (Å²) >= 11 is 0. The van der Waals surface area contributed by atoms with Gasteiger partial charge < -0.3 is 19.9 Å². The maximum absolute atomic E-state index is 13.2. The van der Waals surface area contributed by atoms with E-state index in [4.69, 9.17) is 4.74 Å². The van der Waals surface area contributed by atoms with E-state index >= 15 is 0 Å². The summed E-state index contributed by atoms with van der Waals surface area (Å²) in [4.78, 5) is 27.8. The summed E-state index contributed by atoms with van der Waals surface area (Å²) in [6.07, 6.45) is 0.752. The molecular formula is C21H25FN4O4. The van der Waals surface area contributed by atoms with Crippen LogP contribution in [-0.4, -0.2) is 62.2 Å². The predicted octanol–water partition coefficient (Wildman–Crippen LogP) is 3.14. The standard InChI is InChI=1S/C21H25FN4O4/c1-30-14-9-23-19-8-3-16(15-20(19)26(28)29)21(27)25-11-2-10-24(12-13-25)18-6-4-17(22)5-7-18/h3-8,15,23H,2,9-14H2,1H3. The quantitative estimate of drug-likeness (QED) is 0.424. The molecule has 1 fully saturated rings. The Morgan fingerprint density at radius 3 is 2.63 bits per heavy atom. The lowest BCUT2D eigenvalue weighted by molar-refractivity contribution is -0.384. The zero-order chi connectivity index (χ0) is 21.5. The molecule has 8 nitrogen and oxygen atoms in total. The normalized spacial score (nSPS) is 14.3. The third-order valence-electron chi connectivity index (χ3n) is 5.04. The van der Waals surface area contributed by atoms with Crippen molar-refractivity contribution in [2.24, 2.45) is 0 Å². The number of rotatable bonds is 7. The van der Waals surface area contributed by atoms with Crippen molar-refractivity contribution in [3.8, 4) is 0 Å². The average Bonchev–Trinajstić information content (AvgIpc) is 3.00. The van der Waals surface area contributed by atoms with Crippen LogP contribution in [0.25, 0.3) is 0 Å². The summed E-state index contributed by atoms with van der Waals surface area (Å²) < 4.78 is 18.1. The number of nitrogens with zero attached hydrogens (tertiary/aromatic N) is 3. The van der Waals surface area contributed by atoms with Gasteiger partial charge in [-0.25, -0.2) is 4.39 Å². The number of hydrogen-bond donors (Lipinski definition) is 1. The van der Waals surface area contributed by atoms with E-state index in [0.717, 1.165) is 18.7 Å². The Morgan fingerprint density at radius 1 is 1.17 bits per heavy atom. The highest BCUT2D eigenvalue weighted by molar-refractivity contribution is 5.95. The molecular weight excluding hydrogens is 391 g/mol. The van der Waals surface area contributed by atoms with E-state index in [-0.39, 0.29) is 23.0 Å². The molecule has 0 spiro atoms. The minimum absolute atomic E-state index is 0.139. The van der Waals surface area contributed by atoms with Gasteiger partial charge in [-0.2, -0.15) is 0 Å². The second-order valence-electron chi connectivity index (χ2n) is 7.02. The molecule has 0 radical (unpaired) electrons. The highest BCUT2D eigenvalue weighted by atomic mass is 19.1. The van der Waals surface area contributed by atoms with Crippen LogP contribution >= 0.6 is 0 Å². The Kier molecular flexibility index (Phi) is 7.18. The molecule has 0 aliphatic carbocycles. The number of methoxy groups -OCH3 is 1. The number of halogens is 1. The van der Waals surface area contributed by atoms with Gasteiger partial charge in [0.15, 0.2) is 0 Å². The molecule has 0 unspecified atom stereocenters. The first-order valence-corrected chi connectivity index (χ1v) is 9.80. The van der Waals surface area contributed by atoms with Crippen LogP contribution in [0.5, 0.6) is 0 Å². The fourth-order valence-electron chi connectivity index (χ4n) is 3.47. The zero-order valence-electron chi connectivity index (χ0n) is 16.8. The Labute approximate surface area is 174 Å². The van der Waals surface area contributed by atoms with Crippen molar-refractivity contribution in [2.45, 2.75) is 6.42 Å². The topological polar surface area (TPSA) is 88.0 Å². The van der Waals surface area contributed by atoms with E-state index in [0.29, 0.717) is 38.5 Å². The Morgan fingerprint density at radius 2 is 1.93 bits per heavy atom. The van der Waals surface area contributed by atoms with Gasteiger partial charge in [-0.3, -0.25) is 14.9 Å². The Bertz CT molecular complexity index is 891. The number of carbonyl (C=O) groups excluding carboxylic acids is 1. The molecule has 0 atom stereocenters. The number of nitro groups is 1. The first kappa shape index (κ1) is 21.5. The molecule has 1 saturated heterocycles. The van der Waals surface area contributed by atoms with Crippen LogP contribution in [0.4, 0.5) is 21.5 Å². The van der Waals surface area contributed by atoms with Gasteiger partial charge in [0.2, 0.25) is 0 Å². The van der Waals surface area contributed by atoms with Gasteiger partial charge >= 0.3 is 0 Å². The van der Waals surface area contributed by atoms with Crippen molar-refractivity contribution in [1.29, 1.82) is 0 Å². The van der Waals surface area contributed by atoms with Crippen molar-refractivity contribution < 1.29 is 18.8 Å². The van der Waals surface area contributed by atoms with Crippen molar-refractivity contribution in [1.82, 2.24) is 4.90 Å². The molecule has 0 bridgehead atoms. The highest BCUT2D eigenvalue weighted by Gasteiger charge is 2.23. The summed E-state index contributed by atoms with van der Waals surface area (Å²) in [6.45, 7) is 3.23. The van der Waals surface area contributed by atoms with Crippen LogP contribution in [0.1, 0.15) is 16.8 Å². The van der Waals surface area contributed by atoms with Gasteiger partial charge in [0.1, 0.15) is 11.5 Å². The zero-order valence-corrected chi connectivity index (χ0v) is 16.8.